The van der Waals surface area contributed by atoms with Crippen molar-refractivity contribution < 1.29 is 9.90 Å². The first-order chi connectivity index (χ1) is 9.65. The molecule has 100 valence electrons. The van der Waals surface area contributed by atoms with Crippen LogP contribution in [-0.2, 0) is 11.3 Å². The summed E-state index contributed by atoms with van der Waals surface area (Å²) < 4.78 is 2.25. The first kappa shape index (κ1) is 12.1. The van der Waals surface area contributed by atoms with E-state index in [1.54, 1.807) is 6.07 Å². The molecule has 0 atom stereocenters. The molecule has 0 aliphatic rings. The number of benzene rings is 1. The van der Waals surface area contributed by atoms with Gasteiger partial charge in [0, 0.05) is 5.56 Å². The monoisotopic (exact) mass is 270 g/mol. The molecule has 1 aromatic carbocycles. The lowest BCUT2D eigenvalue weighted by Gasteiger charge is -1.99. The van der Waals surface area contributed by atoms with Crippen molar-refractivity contribution in [2.24, 2.45) is 0 Å². The van der Waals surface area contributed by atoms with Crippen LogP contribution in [0, 0.1) is 0 Å². The normalized spacial score (nSPS) is 10.8. The molecule has 1 N–H and O–H groups in total. The van der Waals surface area contributed by atoms with E-state index in [0.29, 0.717) is 11.2 Å². The van der Waals surface area contributed by atoms with Crippen LogP contribution in [-0.4, -0.2) is 30.5 Å². The highest BCUT2D eigenvalue weighted by molar-refractivity contribution is 5.67. The van der Waals surface area contributed by atoms with Crippen molar-refractivity contribution in [3.63, 3.8) is 0 Å². The van der Waals surface area contributed by atoms with Gasteiger partial charge in [0.2, 0.25) is 0 Å². The predicted molar refractivity (Wildman–Crippen MR) is 70.3 cm³/mol. The van der Waals surface area contributed by atoms with Crippen molar-refractivity contribution in [1.82, 2.24) is 19.4 Å². The Labute approximate surface area is 112 Å². The van der Waals surface area contributed by atoms with Crippen LogP contribution in [0.4, 0.5) is 0 Å². The van der Waals surface area contributed by atoms with Gasteiger partial charge in [-0.15, -0.1) is 0 Å². The summed E-state index contributed by atoms with van der Waals surface area (Å²) in [5.41, 5.74) is 1.32. The van der Waals surface area contributed by atoms with Crippen molar-refractivity contribution in [3.05, 3.63) is 53.1 Å². The number of carbonyl (C=O) groups is 1. The van der Waals surface area contributed by atoms with E-state index in [1.165, 1.54) is 10.8 Å². The molecule has 2 aromatic heterocycles. The summed E-state index contributed by atoms with van der Waals surface area (Å²) in [6.07, 6.45) is 1.33. The maximum absolute atomic E-state index is 12.1. The van der Waals surface area contributed by atoms with Gasteiger partial charge in [-0.05, 0) is 6.07 Å². The number of carboxylic acids is 1. The van der Waals surface area contributed by atoms with E-state index >= 15 is 0 Å². The Morgan fingerprint density at radius 2 is 2.00 bits per heavy atom. The van der Waals surface area contributed by atoms with Crippen LogP contribution >= 0.6 is 0 Å². The molecule has 20 heavy (non-hydrogen) atoms. The number of aromatic nitrogens is 4. The van der Waals surface area contributed by atoms with Gasteiger partial charge in [-0.1, -0.05) is 30.3 Å². The van der Waals surface area contributed by atoms with Gasteiger partial charge in [-0.2, -0.15) is 10.2 Å². The smallest absolute Gasteiger partial charge is 0.325 e. The number of hydrogen-bond acceptors (Lipinski definition) is 4. The van der Waals surface area contributed by atoms with Crippen molar-refractivity contribution in [2.45, 2.75) is 6.54 Å². The molecular weight excluding hydrogens is 260 g/mol. The zero-order valence-electron chi connectivity index (χ0n) is 10.3. The van der Waals surface area contributed by atoms with Gasteiger partial charge in [0.1, 0.15) is 18.4 Å². The van der Waals surface area contributed by atoms with E-state index in [1.807, 2.05) is 30.3 Å². The molecule has 0 aliphatic carbocycles. The molecular formula is C13H10N4O3. The second-order valence-corrected chi connectivity index (χ2v) is 4.21. The fourth-order valence-corrected chi connectivity index (χ4v) is 1.93. The minimum atomic E-state index is -1.12. The summed E-state index contributed by atoms with van der Waals surface area (Å²) in [5.74, 6) is -1.12. The van der Waals surface area contributed by atoms with Gasteiger partial charge in [0.05, 0.1) is 5.69 Å². The lowest BCUT2D eigenvalue weighted by atomic mass is 10.1. The maximum Gasteiger partial charge on any atom is 0.325 e. The molecule has 7 nitrogen and oxygen atoms in total. The van der Waals surface area contributed by atoms with Gasteiger partial charge in [-0.3, -0.25) is 9.59 Å². The summed E-state index contributed by atoms with van der Waals surface area (Å²) in [6, 6.07) is 11.0. The van der Waals surface area contributed by atoms with Crippen LogP contribution < -0.4 is 5.56 Å². The standard InChI is InChI=1S/C13H10N4O3/c18-12(19)7-16-13(20)11-6-10(15-17(11)8-14-16)9-4-2-1-3-5-9/h1-6,8H,7H2,(H,18,19). The van der Waals surface area contributed by atoms with Gasteiger partial charge < -0.3 is 5.11 Å². The number of aliphatic carboxylic acids is 1. The molecule has 0 radical (unpaired) electrons. The SMILES string of the molecule is O=C(O)Cn1ncn2nc(-c3ccccc3)cc2c1=O. The molecule has 0 saturated heterocycles. The molecule has 0 aliphatic heterocycles. The Bertz CT molecular complexity index is 836. The van der Waals surface area contributed by atoms with Crippen LogP contribution in [0.15, 0.2) is 47.5 Å². The van der Waals surface area contributed by atoms with Gasteiger partial charge in [0.25, 0.3) is 5.56 Å². The summed E-state index contributed by atoms with van der Waals surface area (Å²) >= 11 is 0. The van der Waals surface area contributed by atoms with Gasteiger partial charge in [-0.25, -0.2) is 9.20 Å². The summed E-state index contributed by atoms with van der Waals surface area (Å²) in [7, 11) is 0. The zero-order chi connectivity index (χ0) is 14.1. The van der Waals surface area contributed by atoms with Crippen molar-refractivity contribution in [2.75, 3.05) is 0 Å². The second-order valence-electron chi connectivity index (χ2n) is 4.21. The number of hydrogen-bond donors (Lipinski definition) is 1. The van der Waals surface area contributed by atoms with Gasteiger partial charge in [0.15, 0.2) is 0 Å². The Kier molecular flexibility index (Phi) is 2.79. The minimum absolute atomic E-state index is 0.292. The maximum atomic E-state index is 12.1. The zero-order valence-corrected chi connectivity index (χ0v) is 10.3. The second kappa shape index (κ2) is 4.61. The first-order valence-electron chi connectivity index (χ1n) is 5.88. The van der Waals surface area contributed by atoms with Gasteiger partial charge >= 0.3 is 5.97 Å². The van der Waals surface area contributed by atoms with E-state index in [0.717, 1.165) is 10.2 Å². The lowest BCUT2D eigenvalue weighted by Crippen LogP contribution is -2.27. The average Bonchev–Trinajstić information content (AvgIpc) is 2.87. The van der Waals surface area contributed by atoms with Crippen LogP contribution in [0.3, 0.4) is 0 Å². The molecule has 2 heterocycles. The Balaban J connectivity index is 2.15. The van der Waals surface area contributed by atoms with E-state index < -0.39 is 18.1 Å². The van der Waals surface area contributed by atoms with Crippen molar-refractivity contribution >= 4 is 11.5 Å². The molecule has 0 spiro atoms. The number of carboxylic acid groups (broad SMARTS) is 1. The fraction of sp³-hybridized carbons (Fsp3) is 0.0769. The van der Waals surface area contributed by atoms with E-state index in [4.69, 9.17) is 5.11 Å². The summed E-state index contributed by atoms with van der Waals surface area (Å²) in [6.45, 7) is -0.471. The third-order valence-corrected chi connectivity index (χ3v) is 2.84. The number of nitrogens with zero attached hydrogens (tertiary/aromatic N) is 4. The molecule has 0 unspecified atom stereocenters. The fourth-order valence-electron chi connectivity index (χ4n) is 1.93. The van der Waals surface area contributed by atoms with Crippen LogP contribution in [0.5, 0.6) is 0 Å². The molecule has 3 aromatic rings. The van der Waals surface area contributed by atoms with Crippen LogP contribution in [0.1, 0.15) is 0 Å². The van der Waals surface area contributed by atoms with E-state index in [-0.39, 0.29) is 0 Å². The largest absolute Gasteiger partial charge is 0.480 e. The molecule has 0 amide bonds. The lowest BCUT2D eigenvalue weighted by molar-refractivity contribution is -0.138. The minimum Gasteiger partial charge on any atom is -0.480 e. The first-order valence-corrected chi connectivity index (χ1v) is 5.88. The summed E-state index contributed by atoms with van der Waals surface area (Å²) in [5, 5.41) is 16.8. The third-order valence-electron chi connectivity index (χ3n) is 2.84. The van der Waals surface area contributed by atoms with Crippen LogP contribution in [0.2, 0.25) is 0 Å². The van der Waals surface area contributed by atoms with Crippen molar-refractivity contribution in [1.29, 1.82) is 0 Å². The number of rotatable bonds is 3. The quantitative estimate of drug-likeness (QED) is 0.754. The Morgan fingerprint density at radius 1 is 1.25 bits per heavy atom. The molecule has 7 heteroatoms. The molecule has 3 rings (SSSR count). The van der Waals surface area contributed by atoms with Crippen molar-refractivity contribution in [3.8, 4) is 11.3 Å². The highest BCUT2D eigenvalue weighted by Crippen LogP contribution is 2.17. The number of fused-ring (bicyclic) bond motifs is 1. The highest BCUT2D eigenvalue weighted by atomic mass is 16.4. The van der Waals surface area contributed by atoms with E-state index in [9.17, 15) is 9.59 Å². The molecule has 0 bridgehead atoms. The Hall–Kier alpha value is -2.96. The molecule has 0 fully saturated rings. The predicted octanol–water partition coefficient (Wildman–Crippen LogP) is 0.643. The topological polar surface area (TPSA) is 89.5 Å². The third kappa shape index (κ3) is 2.05. The average molecular weight is 270 g/mol. The molecule has 0 saturated carbocycles. The summed E-state index contributed by atoms with van der Waals surface area (Å²) in [4.78, 5) is 22.7. The Morgan fingerprint density at radius 3 is 2.70 bits per heavy atom. The van der Waals surface area contributed by atoms with E-state index in [2.05, 4.69) is 10.2 Å². The highest BCUT2D eigenvalue weighted by Gasteiger charge is 2.11. The van der Waals surface area contributed by atoms with Crippen LogP contribution in [0.25, 0.3) is 16.8 Å².